The second kappa shape index (κ2) is 8.37. The Labute approximate surface area is 169 Å². The summed E-state index contributed by atoms with van der Waals surface area (Å²) < 4.78 is 31.1. The van der Waals surface area contributed by atoms with Crippen molar-refractivity contribution in [2.45, 2.75) is 19.9 Å². The number of nitrogens with zero attached hydrogens (tertiary/aromatic N) is 1. The number of sulfonamides is 1. The van der Waals surface area contributed by atoms with Gasteiger partial charge in [0, 0.05) is 15.7 Å². The highest BCUT2D eigenvalue weighted by Gasteiger charge is 2.31. The summed E-state index contributed by atoms with van der Waals surface area (Å²) in [6.45, 7) is 3.24. The quantitative estimate of drug-likeness (QED) is 0.747. The van der Waals surface area contributed by atoms with Crippen molar-refractivity contribution in [2.24, 2.45) is 0 Å². The molecule has 1 N–H and O–H groups in total. The Morgan fingerprint density at radius 1 is 1.22 bits per heavy atom. The molecule has 0 aliphatic rings. The van der Waals surface area contributed by atoms with Gasteiger partial charge in [0.05, 0.1) is 19.1 Å². The van der Waals surface area contributed by atoms with Gasteiger partial charge < -0.3 is 10.1 Å². The van der Waals surface area contributed by atoms with Crippen LogP contribution in [0, 0.1) is 6.92 Å². The highest BCUT2D eigenvalue weighted by atomic mass is 35.5. The minimum Gasteiger partial charge on any atom is -0.495 e. The smallest absolute Gasteiger partial charge is 0.248 e. The Hall–Kier alpha value is -1.96. The number of nitrogens with one attached hydrogen (secondary N) is 1. The van der Waals surface area contributed by atoms with E-state index in [-0.39, 0.29) is 11.4 Å². The molecule has 0 unspecified atom stereocenters. The summed E-state index contributed by atoms with van der Waals surface area (Å²) in [5, 5.41) is 3.54. The first-order valence-electron chi connectivity index (χ1n) is 7.95. The molecule has 0 saturated heterocycles. The van der Waals surface area contributed by atoms with Crippen LogP contribution < -0.4 is 14.4 Å². The van der Waals surface area contributed by atoms with Crippen LogP contribution in [0.3, 0.4) is 0 Å². The monoisotopic (exact) mass is 430 g/mol. The lowest BCUT2D eigenvalue weighted by molar-refractivity contribution is -0.116. The van der Waals surface area contributed by atoms with Gasteiger partial charge in [-0.1, -0.05) is 29.3 Å². The zero-order chi connectivity index (χ0) is 20.4. The average Bonchev–Trinajstić information content (AvgIpc) is 2.58. The third-order valence-corrected chi connectivity index (χ3v) is 5.86. The maximum atomic E-state index is 12.8. The third-order valence-electron chi connectivity index (χ3n) is 3.99. The van der Waals surface area contributed by atoms with Crippen molar-refractivity contribution in [3.63, 3.8) is 0 Å². The number of halogens is 2. The fourth-order valence-electron chi connectivity index (χ4n) is 2.60. The Morgan fingerprint density at radius 2 is 1.89 bits per heavy atom. The fraction of sp³-hybridized carbons (Fsp3) is 0.278. The molecule has 0 saturated carbocycles. The number of anilines is 2. The highest BCUT2D eigenvalue weighted by Crippen LogP contribution is 2.34. The number of carbonyl (C=O) groups excluding carboxylic acids is 1. The standard InChI is InChI=1S/C18H20Cl2N2O4S/c1-11-14(20)6-5-7-15(11)21-18(23)12(2)22(27(4,24)25)16-10-13(19)8-9-17(16)26-3/h5-10,12H,1-4H3,(H,21,23)/t12-/m1/s1. The van der Waals surface area contributed by atoms with Gasteiger partial charge in [0.2, 0.25) is 15.9 Å². The Morgan fingerprint density at radius 3 is 2.48 bits per heavy atom. The van der Waals surface area contributed by atoms with Crippen LogP contribution in [-0.2, 0) is 14.8 Å². The maximum Gasteiger partial charge on any atom is 0.248 e. The number of amides is 1. The van der Waals surface area contributed by atoms with Crippen molar-refractivity contribution < 1.29 is 17.9 Å². The van der Waals surface area contributed by atoms with Gasteiger partial charge in [-0.3, -0.25) is 9.10 Å². The second-order valence-corrected chi connectivity index (χ2v) is 8.66. The molecule has 0 aromatic heterocycles. The van der Waals surface area contributed by atoms with Crippen molar-refractivity contribution in [3.05, 3.63) is 52.0 Å². The summed E-state index contributed by atoms with van der Waals surface area (Å²) in [4.78, 5) is 12.8. The molecule has 2 aromatic carbocycles. The summed E-state index contributed by atoms with van der Waals surface area (Å²) in [6, 6.07) is 8.59. The predicted octanol–water partition coefficient (Wildman–Crippen LogP) is 4.10. The summed E-state index contributed by atoms with van der Waals surface area (Å²) >= 11 is 12.1. The van der Waals surface area contributed by atoms with Crippen molar-refractivity contribution >= 4 is 50.5 Å². The Kier molecular flexibility index (Phi) is 6.62. The van der Waals surface area contributed by atoms with E-state index in [4.69, 9.17) is 27.9 Å². The molecule has 0 spiro atoms. The number of ether oxygens (including phenoxy) is 1. The summed E-state index contributed by atoms with van der Waals surface area (Å²) in [6.07, 6.45) is 1.02. The molecule has 1 atom stereocenters. The van der Waals surface area contributed by atoms with Gasteiger partial charge in [0.15, 0.2) is 0 Å². The van der Waals surface area contributed by atoms with Gasteiger partial charge in [-0.15, -0.1) is 0 Å². The van der Waals surface area contributed by atoms with E-state index in [1.54, 1.807) is 37.3 Å². The molecule has 0 aliphatic carbocycles. The van der Waals surface area contributed by atoms with Crippen molar-refractivity contribution in [1.82, 2.24) is 0 Å². The SMILES string of the molecule is COc1ccc(Cl)cc1N([C@H](C)C(=O)Nc1cccc(Cl)c1C)S(C)(=O)=O. The Balaban J connectivity index is 2.44. The lowest BCUT2D eigenvalue weighted by Gasteiger charge is -2.29. The van der Waals surface area contributed by atoms with E-state index in [1.165, 1.54) is 20.1 Å². The normalized spacial score (nSPS) is 12.4. The molecule has 0 fully saturated rings. The van der Waals surface area contributed by atoms with E-state index in [1.807, 2.05) is 0 Å². The molecule has 0 bridgehead atoms. The van der Waals surface area contributed by atoms with Crippen molar-refractivity contribution in [2.75, 3.05) is 23.0 Å². The van der Waals surface area contributed by atoms with E-state index in [0.29, 0.717) is 21.3 Å². The number of hydrogen-bond acceptors (Lipinski definition) is 4. The predicted molar refractivity (Wildman–Crippen MR) is 110 cm³/mol. The van der Waals surface area contributed by atoms with Crippen LogP contribution in [0.2, 0.25) is 10.0 Å². The first-order chi connectivity index (χ1) is 12.6. The number of rotatable bonds is 6. The Bertz CT molecular complexity index is 964. The van der Waals surface area contributed by atoms with Gasteiger partial charge in [0.25, 0.3) is 0 Å². The molecule has 9 heteroatoms. The van der Waals surface area contributed by atoms with Crippen LogP contribution in [-0.4, -0.2) is 33.7 Å². The van der Waals surface area contributed by atoms with Crippen LogP contribution in [0.1, 0.15) is 12.5 Å². The average molecular weight is 431 g/mol. The fourth-order valence-corrected chi connectivity index (χ4v) is 4.11. The maximum absolute atomic E-state index is 12.8. The first-order valence-corrected chi connectivity index (χ1v) is 10.6. The van der Waals surface area contributed by atoms with Crippen LogP contribution >= 0.6 is 23.2 Å². The third kappa shape index (κ3) is 4.86. The molecule has 1 amide bonds. The molecule has 0 heterocycles. The van der Waals surface area contributed by atoms with E-state index in [0.717, 1.165) is 10.6 Å². The molecule has 2 aromatic rings. The highest BCUT2D eigenvalue weighted by molar-refractivity contribution is 7.92. The lowest BCUT2D eigenvalue weighted by Crippen LogP contribution is -2.45. The lowest BCUT2D eigenvalue weighted by atomic mass is 10.2. The zero-order valence-electron chi connectivity index (χ0n) is 15.3. The second-order valence-electron chi connectivity index (χ2n) is 5.95. The number of benzene rings is 2. The number of methoxy groups -OCH3 is 1. The topological polar surface area (TPSA) is 75.7 Å². The van der Waals surface area contributed by atoms with Gasteiger partial charge in [-0.25, -0.2) is 8.42 Å². The van der Waals surface area contributed by atoms with Crippen molar-refractivity contribution in [3.8, 4) is 5.75 Å². The number of carbonyl (C=O) groups is 1. The molecule has 146 valence electrons. The van der Waals surface area contributed by atoms with Crippen LogP contribution in [0.5, 0.6) is 5.75 Å². The van der Waals surface area contributed by atoms with Crippen LogP contribution in [0.25, 0.3) is 0 Å². The molecule has 2 rings (SSSR count). The van der Waals surface area contributed by atoms with E-state index < -0.39 is 22.0 Å². The summed E-state index contributed by atoms with van der Waals surface area (Å²) in [5.41, 5.74) is 1.37. The summed E-state index contributed by atoms with van der Waals surface area (Å²) in [5.74, 6) is -0.240. The van der Waals surface area contributed by atoms with E-state index in [2.05, 4.69) is 5.32 Å². The van der Waals surface area contributed by atoms with Crippen molar-refractivity contribution in [1.29, 1.82) is 0 Å². The van der Waals surface area contributed by atoms with Gasteiger partial charge in [0.1, 0.15) is 11.8 Å². The van der Waals surface area contributed by atoms with Crippen LogP contribution in [0.15, 0.2) is 36.4 Å². The van der Waals surface area contributed by atoms with Gasteiger partial charge in [-0.2, -0.15) is 0 Å². The van der Waals surface area contributed by atoms with E-state index in [9.17, 15) is 13.2 Å². The molecule has 27 heavy (non-hydrogen) atoms. The zero-order valence-corrected chi connectivity index (χ0v) is 17.6. The largest absolute Gasteiger partial charge is 0.495 e. The van der Waals surface area contributed by atoms with Gasteiger partial charge >= 0.3 is 0 Å². The van der Waals surface area contributed by atoms with Crippen LogP contribution in [0.4, 0.5) is 11.4 Å². The molecule has 6 nitrogen and oxygen atoms in total. The molecular weight excluding hydrogens is 411 g/mol. The first kappa shape index (κ1) is 21.3. The molecule has 0 aliphatic heterocycles. The minimum atomic E-state index is -3.81. The summed E-state index contributed by atoms with van der Waals surface area (Å²) in [7, 11) is -2.40. The minimum absolute atomic E-state index is 0.179. The van der Waals surface area contributed by atoms with E-state index >= 15 is 0 Å². The molecule has 0 radical (unpaired) electrons. The number of hydrogen-bond donors (Lipinski definition) is 1. The van der Waals surface area contributed by atoms with Gasteiger partial charge in [-0.05, 0) is 49.7 Å². The molecular formula is C18H20Cl2N2O4S.